The van der Waals surface area contributed by atoms with E-state index in [1.165, 1.54) is 30.3 Å². The van der Waals surface area contributed by atoms with Gasteiger partial charge in [0.25, 0.3) is 0 Å². The number of rotatable bonds is 6. The molecule has 0 spiro atoms. The Balaban J connectivity index is 1.59. The van der Waals surface area contributed by atoms with Gasteiger partial charge in [0.1, 0.15) is 5.82 Å². The lowest BCUT2D eigenvalue weighted by Gasteiger charge is -2.10. The van der Waals surface area contributed by atoms with Crippen molar-refractivity contribution >= 4 is 27.5 Å². The number of benzene rings is 2. The maximum absolute atomic E-state index is 12.8. The van der Waals surface area contributed by atoms with Crippen molar-refractivity contribution in [3.63, 3.8) is 0 Å². The molecule has 2 aromatic rings. The monoisotopic (exact) mass is 389 g/mol. The summed E-state index contributed by atoms with van der Waals surface area (Å²) in [6.45, 7) is 0.608. The van der Waals surface area contributed by atoms with Crippen molar-refractivity contribution in [3.05, 3.63) is 66.0 Å². The lowest BCUT2D eigenvalue weighted by atomic mass is 10.2. The second-order valence-corrected chi connectivity index (χ2v) is 8.35. The molecule has 1 aliphatic heterocycles. The van der Waals surface area contributed by atoms with Crippen LogP contribution in [0.25, 0.3) is 6.08 Å². The zero-order chi connectivity index (χ0) is 19.3. The van der Waals surface area contributed by atoms with E-state index in [2.05, 4.69) is 5.32 Å². The lowest BCUT2D eigenvalue weighted by Crippen LogP contribution is -2.20. The summed E-state index contributed by atoms with van der Waals surface area (Å²) in [5, 5.41) is 2.66. The predicted octanol–water partition coefficient (Wildman–Crippen LogP) is 3.43. The topological polar surface area (TPSA) is 72.5 Å². The van der Waals surface area contributed by atoms with Gasteiger partial charge in [0.05, 0.1) is 16.8 Å². The molecular weight excluding hydrogens is 369 g/mol. The van der Waals surface area contributed by atoms with E-state index in [0.717, 1.165) is 12.8 Å². The number of halogens is 1. The Morgan fingerprint density at radius 2 is 1.85 bits per heavy atom. The smallest absolute Gasteiger partial charge is 0.248 e. The number of carbonyl (C=O) groups excluding carboxylic acids is 1. The van der Waals surface area contributed by atoms with Crippen LogP contribution >= 0.6 is 0 Å². The quantitative estimate of drug-likeness (QED) is 0.769. The van der Waals surface area contributed by atoms with Crippen LogP contribution in [0.5, 0.6) is 0 Å². The number of nitrogens with one attached hydrogen (secondary N) is 1. The molecule has 1 saturated heterocycles. The third-order valence-corrected chi connectivity index (χ3v) is 6.01. The van der Waals surface area contributed by atoms with Gasteiger partial charge < -0.3 is 10.1 Å². The molecule has 1 unspecified atom stereocenters. The lowest BCUT2D eigenvalue weighted by molar-refractivity contribution is -0.111. The van der Waals surface area contributed by atoms with Crippen LogP contribution in [0, 0.1) is 5.82 Å². The molecule has 0 aliphatic carbocycles. The van der Waals surface area contributed by atoms with Gasteiger partial charge in [-0.15, -0.1) is 0 Å². The highest BCUT2D eigenvalue weighted by atomic mass is 32.2. The Labute approximate surface area is 157 Å². The summed E-state index contributed by atoms with van der Waals surface area (Å²) in [5.74, 6) is -0.737. The standard InChI is InChI=1S/C20H20FNO4S/c21-16-6-3-15(4-7-16)5-12-20(23)22-17-8-10-19(11-9-17)27(24,25)14-18-2-1-13-26-18/h3-12,18H,1-2,13-14H2,(H,22,23)/b12-5+. The Morgan fingerprint density at radius 1 is 1.15 bits per heavy atom. The number of ether oxygens (including phenoxy) is 1. The second kappa shape index (κ2) is 8.45. The van der Waals surface area contributed by atoms with Gasteiger partial charge in [0.2, 0.25) is 5.91 Å². The van der Waals surface area contributed by atoms with Crippen molar-refractivity contribution in [2.75, 3.05) is 17.7 Å². The van der Waals surface area contributed by atoms with Crippen LogP contribution in [0.2, 0.25) is 0 Å². The number of amides is 1. The van der Waals surface area contributed by atoms with E-state index in [1.54, 1.807) is 30.3 Å². The van der Waals surface area contributed by atoms with Crippen LogP contribution < -0.4 is 5.32 Å². The van der Waals surface area contributed by atoms with Gasteiger partial charge in [-0.2, -0.15) is 0 Å². The number of carbonyl (C=O) groups is 1. The minimum absolute atomic E-state index is 0.0287. The number of hydrogen-bond acceptors (Lipinski definition) is 4. The third kappa shape index (κ3) is 5.48. The molecule has 27 heavy (non-hydrogen) atoms. The van der Waals surface area contributed by atoms with Gasteiger partial charge in [-0.1, -0.05) is 12.1 Å². The van der Waals surface area contributed by atoms with Crippen molar-refractivity contribution in [3.8, 4) is 0 Å². The van der Waals surface area contributed by atoms with Crippen molar-refractivity contribution in [2.45, 2.75) is 23.8 Å². The molecule has 1 heterocycles. The minimum atomic E-state index is -3.42. The first kappa shape index (κ1) is 19.3. The normalized spacial score (nSPS) is 17.3. The first-order valence-electron chi connectivity index (χ1n) is 8.61. The molecule has 0 radical (unpaired) electrons. The molecule has 142 valence electrons. The zero-order valence-corrected chi connectivity index (χ0v) is 15.4. The summed E-state index contributed by atoms with van der Waals surface area (Å²) in [6.07, 6.45) is 4.29. The van der Waals surface area contributed by atoms with Gasteiger partial charge in [0.15, 0.2) is 9.84 Å². The van der Waals surface area contributed by atoms with Crippen LogP contribution in [0.3, 0.4) is 0 Å². The largest absolute Gasteiger partial charge is 0.377 e. The Bertz CT molecular complexity index is 915. The number of anilines is 1. The molecule has 7 heteroatoms. The molecule has 1 aliphatic rings. The molecule has 1 N–H and O–H groups in total. The van der Waals surface area contributed by atoms with E-state index >= 15 is 0 Å². The fourth-order valence-electron chi connectivity index (χ4n) is 2.79. The van der Waals surface area contributed by atoms with Gasteiger partial charge in [-0.3, -0.25) is 4.79 Å². The van der Waals surface area contributed by atoms with E-state index in [0.29, 0.717) is 17.9 Å². The van der Waals surface area contributed by atoms with E-state index in [4.69, 9.17) is 4.74 Å². The van der Waals surface area contributed by atoms with Gasteiger partial charge in [-0.05, 0) is 60.9 Å². The van der Waals surface area contributed by atoms with Crippen molar-refractivity contribution < 1.29 is 22.3 Å². The van der Waals surface area contributed by atoms with E-state index in [1.807, 2.05) is 0 Å². The maximum atomic E-state index is 12.8. The Hall–Kier alpha value is -2.51. The minimum Gasteiger partial charge on any atom is -0.377 e. The predicted molar refractivity (Wildman–Crippen MR) is 102 cm³/mol. The summed E-state index contributed by atoms with van der Waals surface area (Å²) >= 11 is 0. The highest BCUT2D eigenvalue weighted by Gasteiger charge is 2.24. The van der Waals surface area contributed by atoms with E-state index in [-0.39, 0.29) is 28.5 Å². The summed E-state index contributed by atoms with van der Waals surface area (Å²) < 4.78 is 43.0. The molecule has 0 aromatic heterocycles. The maximum Gasteiger partial charge on any atom is 0.248 e. The van der Waals surface area contributed by atoms with Crippen LogP contribution in [0.15, 0.2) is 59.5 Å². The van der Waals surface area contributed by atoms with Crippen molar-refractivity contribution in [1.29, 1.82) is 0 Å². The molecule has 3 rings (SSSR count). The highest BCUT2D eigenvalue weighted by molar-refractivity contribution is 7.91. The van der Waals surface area contributed by atoms with Gasteiger partial charge in [-0.25, -0.2) is 12.8 Å². The van der Waals surface area contributed by atoms with Gasteiger partial charge >= 0.3 is 0 Å². The molecule has 1 fully saturated rings. The molecule has 2 aromatic carbocycles. The van der Waals surface area contributed by atoms with Crippen molar-refractivity contribution in [2.24, 2.45) is 0 Å². The molecular formula is C20H20FNO4S. The molecule has 0 bridgehead atoms. The van der Waals surface area contributed by atoms with E-state index < -0.39 is 9.84 Å². The van der Waals surface area contributed by atoms with Gasteiger partial charge in [0, 0.05) is 18.4 Å². The summed E-state index contributed by atoms with van der Waals surface area (Å²) in [4.78, 5) is 12.2. The van der Waals surface area contributed by atoms with Crippen LogP contribution in [0.1, 0.15) is 18.4 Å². The summed E-state index contributed by atoms with van der Waals surface area (Å²) in [6, 6.07) is 11.8. The summed E-state index contributed by atoms with van der Waals surface area (Å²) in [5.41, 5.74) is 1.18. The van der Waals surface area contributed by atoms with Crippen LogP contribution in [-0.4, -0.2) is 32.8 Å². The van der Waals surface area contributed by atoms with Crippen molar-refractivity contribution in [1.82, 2.24) is 0 Å². The molecule has 0 saturated carbocycles. The molecule has 1 amide bonds. The van der Waals surface area contributed by atoms with Crippen LogP contribution in [0.4, 0.5) is 10.1 Å². The van der Waals surface area contributed by atoms with E-state index in [9.17, 15) is 17.6 Å². The van der Waals surface area contributed by atoms with Crippen LogP contribution in [-0.2, 0) is 19.4 Å². The Kier molecular flexibility index (Phi) is 6.03. The fraction of sp³-hybridized carbons (Fsp3) is 0.250. The Morgan fingerprint density at radius 3 is 2.48 bits per heavy atom. The zero-order valence-electron chi connectivity index (χ0n) is 14.6. The number of hydrogen-bond donors (Lipinski definition) is 1. The fourth-order valence-corrected chi connectivity index (χ4v) is 4.29. The average Bonchev–Trinajstić information content (AvgIpc) is 3.14. The first-order chi connectivity index (χ1) is 12.9. The summed E-state index contributed by atoms with van der Waals surface area (Å²) in [7, 11) is -3.42. The first-order valence-corrected chi connectivity index (χ1v) is 10.3. The second-order valence-electron chi connectivity index (χ2n) is 6.31. The highest BCUT2D eigenvalue weighted by Crippen LogP contribution is 2.20. The molecule has 1 atom stereocenters. The SMILES string of the molecule is O=C(/C=C/c1ccc(F)cc1)Nc1ccc(S(=O)(=O)CC2CCCO2)cc1. The third-order valence-electron chi connectivity index (χ3n) is 4.21. The number of sulfone groups is 1. The average molecular weight is 389 g/mol. The molecule has 5 nitrogen and oxygen atoms in total.